The lowest BCUT2D eigenvalue weighted by atomic mass is 10.0. The molecule has 2 heterocycles. The van der Waals surface area contributed by atoms with Crippen molar-refractivity contribution < 1.29 is 23.5 Å². The Morgan fingerprint density at radius 2 is 2.05 bits per heavy atom. The molecule has 2 atom stereocenters. The lowest BCUT2D eigenvalue weighted by Gasteiger charge is -2.38. The number of hydrogen-bond donors (Lipinski definition) is 0. The van der Waals surface area contributed by atoms with E-state index < -0.39 is 29.1 Å². The Kier molecular flexibility index (Phi) is 4.46. The summed E-state index contributed by atoms with van der Waals surface area (Å²) in [6.45, 7) is 5.32. The van der Waals surface area contributed by atoms with Crippen LogP contribution in [0.15, 0.2) is 0 Å². The van der Waals surface area contributed by atoms with Gasteiger partial charge in [-0.25, -0.2) is 9.18 Å². The minimum absolute atomic E-state index is 0.0673. The van der Waals surface area contributed by atoms with Crippen molar-refractivity contribution in [3.05, 3.63) is 0 Å². The summed E-state index contributed by atoms with van der Waals surface area (Å²) in [5, 5.41) is -0.404. The van der Waals surface area contributed by atoms with Crippen molar-refractivity contribution in [3.63, 3.8) is 0 Å². The van der Waals surface area contributed by atoms with Gasteiger partial charge in [-0.1, -0.05) is 11.8 Å². The number of ether oxygens (including phenoxy) is 1. The number of carbonyl (C=O) groups excluding carboxylic acids is 3. The van der Waals surface area contributed by atoms with Crippen LogP contribution in [0, 0.1) is 0 Å². The number of alkyl halides is 1. The molecule has 0 aromatic carbocycles. The van der Waals surface area contributed by atoms with Crippen LogP contribution in [-0.4, -0.2) is 63.7 Å². The Labute approximate surface area is 127 Å². The fraction of sp³-hybridized carbons (Fsp3) is 0.769. The maximum absolute atomic E-state index is 14.3. The first-order valence-corrected chi connectivity index (χ1v) is 7.78. The van der Waals surface area contributed by atoms with Gasteiger partial charge in [0.2, 0.25) is 5.91 Å². The largest absolute Gasteiger partial charge is 0.444 e. The molecule has 8 heteroatoms. The molecule has 0 aromatic heterocycles. The van der Waals surface area contributed by atoms with Crippen molar-refractivity contribution in [3.8, 4) is 0 Å². The van der Waals surface area contributed by atoms with E-state index in [1.807, 2.05) is 0 Å². The second kappa shape index (κ2) is 5.82. The highest BCUT2D eigenvalue weighted by Gasteiger charge is 2.43. The molecule has 6 nitrogen and oxygen atoms in total. The number of amides is 3. The van der Waals surface area contributed by atoms with Gasteiger partial charge in [-0.2, -0.15) is 0 Å². The number of likely N-dealkylation sites (tertiary alicyclic amines) is 1. The van der Waals surface area contributed by atoms with Crippen LogP contribution in [0.2, 0.25) is 0 Å². The van der Waals surface area contributed by atoms with E-state index in [-0.39, 0.29) is 31.2 Å². The van der Waals surface area contributed by atoms with Gasteiger partial charge in [-0.3, -0.25) is 14.5 Å². The van der Waals surface area contributed by atoms with Crippen LogP contribution in [0.5, 0.6) is 0 Å². The third kappa shape index (κ3) is 3.66. The fourth-order valence-corrected chi connectivity index (χ4v) is 3.12. The van der Waals surface area contributed by atoms with Gasteiger partial charge < -0.3 is 9.64 Å². The van der Waals surface area contributed by atoms with Gasteiger partial charge in [0.1, 0.15) is 11.8 Å². The maximum Gasteiger partial charge on any atom is 0.410 e. The predicted octanol–water partition coefficient (Wildman–Crippen LogP) is 2.03. The monoisotopic (exact) mass is 318 g/mol. The van der Waals surface area contributed by atoms with Gasteiger partial charge in [0.25, 0.3) is 5.24 Å². The molecule has 0 saturated carbocycles. The Hall–Kier alpha value is -1.31. The Bertz CT molecular complexity index is 450. The summed E-state index contributed by atoms with van der Waals surface area (Å²) in [5.74, 6) is -0.291. The zero-order chi connectivity index (χ0) is 15.8. The zero-order valence-corrected chi connectivity index (χ0v) is 13.1. The number of imide groups is 1. The Morgan fingerprint density at radius 3 is 2.52 bits per heavy atom. The molecule has 0 aliphatic carbocycles. The van der Waals surface area contributed by atoms with E-state index >= 15 is 0 Å². The van der Waals surface area contributed by atoms with E-state index in [2.05, 4.69) is 0 Å². The first-order valence-electron chi connectivity index (χ1n) is 6.80. The van der Waals surface area contributed by atoms with Crippen LogP contribution < -0.4 is 0 Å². The first-order chi connectivity index (χ1) is 9.69. The molecule has 0 radical (unpaired) electrons. The number of hydrogen-bond acceptors (Lipinski definition) is 5. The molecule has 0 aromatic rings. The zero-order valence-electron chi connectivity index (χ0n) is 12.3. The van der Waals surface area contributed by atoms with Crippen molar-refractivity contribution in [2.75, 3.05) is 18.8 Å². The van der Waals surface area contributed by atoms with Gasteiger partial charge in [0.05, 0.1) is 18.3 Å². The SMILES string of the molecule is CC(C)(C)OC(=O)N1CC[C@@H](N2C(=O)CSC2=O)[C@H](F)C1. The quantitative estimate of drug-likeness (QED) is 0.740. The number of carbonyl (C=O) groups is 3. The predicted molar refractivity (Wildman–Crippen MR) is 75.8 cm³/mol. The highest BCUT2D eigenvalue weighted by molar-refractivity contribution is 8.14. The van der Waals surface area contributed by atoms with Crippen molar-refractivity contribution in [1.82, 2.24) is 9.80 Å². The van der Waals surface area contributed by atoms with Gasteiger partial charge in [0.15, 0.2) is 0 Å². The summed E-state index contributed by atoms with van der Waals surface area (Å²) in [7, 11) is 0. The average Bonchev–Trinajstić information content (AvgIpc) is 2.67. The van der Waals surface area contributed by atoms with Crippen LogP contribution >= 0.6 is 11.8 Å². The summed E-state index contributed by atoms with van der Waals surface area (Å²) in [6.07, 6.45) is -1.78. The smallest absolute Gasteiger partial charge is 0.410 e. The number of piperidine rings is 1. The molecule has 0 spiro atoms. The topological polar surface area (TPSA) is 66.9 Å². The Balaban J connectivity index is 1.98. The molecule has 0 unspecified atom stereocenters. The standard InChI is InChI=1S/C13H19FN2O4S/c1-13(2,3)20-11(18)15-5-4-9(8(14)6-15)16-10(17)7-21-12(16)19/h8-9H,4-7H2,1-3H3/t8-,9-/m1/s1. The first kappa shape index (κ1) is 16.1. The van der Waals surface area contributed by atoms with Crippen LogP contribution in [0.25, 0.3) is 0 Å². The van der Waals surface area contributed by atoms with Gasteiger partial charge in [-0.15, -0.1) is 0 Å². The van der Waals surface area contributed by atoms with Crippen LogP contribution in [0.3, 0.4) is 0 Å². The molecule has 2 saturated heterocycles. The number of thioether (sulfide) groups is 1. The Morgan fingerprint density at radius 1 is 1.38 bits per heavy atom. The fourth-order valence-electron chi connectivity index (χ4n) is 2.36. The summed E-state index contributed by atoms with van der Waals surface area (Å²) in [5.41, 5.74) is -0.642. The summed E-state index contributed by atoms with van der Waals surface area (Å²) in [4.78, 5) is 37.5. The minimum atomic E-state index is -1.45. The molecule has 3 amide bonds. The van der Waals surface area contributed by atoms with E-state index in [4.69, 9.17) is 4.74 Å². The number of nitrogens with zero attached hydrogens (tertiary/aromatic N) is 2. The molecule has 118 valence electrons. The third-order valence-corrected chi connectivity index (χ3v) is 4.11. The van der Waals surface area contributed by atoms with Crippen LogP contribution in [-0.2, 0) is 9.53 Å². The van der Waals surface area contributed by atoms with Crippen LogP contribution in [0.4, 0.5) is 14.0 Å². The lowest BCUT2D eigenvalue weighted by Crippen LogP contribution is -2.55. The van der Waals surface area contributed by atoms with Gasteiger partial charge >= 0.3 is 6.09 Å². The highest BCUT2D eigenvalue weighted by Crippen LogP contribution is 2.28. The molecule has 21 heavy (non-hydrogen) atoms. The van der Waals surface area contributed by atoms with Crippen LogP contribution in [0.1, 0.15) is 27.2 Å². The molecule has 2 fully saturated rings. The molecule has 2 aliphatic heterocycles. The van der Waals surface area contributed by atoms with E-state index in [0.717, 1.165) is 16.7 Å². The second-order valence-electron chi connectivity index (χ2n) is 6.12. The summed E-state index contributed by atoms with van der Waals surface area (Å²) < 4.78 is 19.5. The van der Waals surface area contributed by atoms with Crippen molar-refractivity contribution in [2.24, 2.45) is 0 Å². The molecule has 2 rings (SSSR count). The third-order valence-electron chi connectivity index (χ3n) is 3.27. The van der Waals surface area contributed by atoms with Crippen molar-refractivity contribution in [2.45, 2.75) is 45.0 Å². The van der Waals surface area contributed by atoms with Gasteiger partial charge in [0, 0.05) is 6.54 Å². The second-order valence-corrected chi connectivity index (χ2v) is 7.04. The van der Waals surface area contributed by atoms with E-state index in [1.54, 1.807) is 20.8 Å². The minimum Gasteiger partial charge on any atom is -0.444 e. The molecule has 2 aliphatic rings. The van der Waals surface area contributed by atoms with Crippen molar-refractivity contribution in [1.29, 1.82) is 0 Å². The molecule has 0 N–H and O–H groups in total. The van der Waals surface area contributed by atoms with E-state index in [1.165, 1.54) is 4.90 Å². The maximum atomic E-state index is 14.3. The van der Waals surface area contributed by atoms with E-state index in [9.17, 15) is 18.8 Å². The lowest BCUT2D eigenvalue weighted by molar-refractivity contribution is -0.128. The number of halogens is 1. The molecular weight excluding hydrogens is 299 g/mol. The summed E-state index contributed by atoms with van der Waals surface area (Å²) in [6, 6.07) is -0.779. The average molecular weight is 318 g/mol. The molecule has 0 bridgehead atoms. The van der Waals surface area contributed by atoms with Gasteiger partial charge in [-0.05, 0) is 27.2 Å². The number of rotatable bonds is 1. The normalized spacial score (nSPS) is 27.2. The highest BCUT2D eigenvalue weighted by atomic mass is 32.2. The molecular formula is C13H19FN2O4S. The van der Waals surface area contributed by atoms with E-state index in [0.29, 0.717) is 0 Å². The van der Waals surface area contributed by atoms with Crippen molar-refractivity contribution >= 4 is 29.0 Å². The summed E-state index contributed by atoms with van der Waals surface area (Å²) >= 11 is 0.890.